The Morgan fingerprint density at radius 3 is 2.65 bits per heavy atom. The van der Waals surface area contributed by atoms with E-state index in [1.807, 2.05) is 52.8 Å². The van der Waals surface area contributed by atoms with Gasteiger partial charge >= 0.3 is 6.09 Å². The molecule has 0 fully saturated rings. The Bertz CT molecular complexity index is 701. The van der Waals surface area contributed by atoms with Crippen molar-refractivity contribution in [1.82, 2.24) is 14.9 Å². The standard InChI is InChI=1S/C17H25N3O3/c1-7-20-14-12(9-8-10-13(14)22-6)19-15(20)11(2)18-16(21)23-17(3,4)5/h8-11H,7H2,1-6H3,(H,18,21). The molecular formula is C17H25N3O3. The molecule has 1 aromatic heterocycles. The number of rotatable bonds is 4. The molecule has 2 rings (SSSR count). The second kappa shape index (κ2) is 6.48. The van der Waals surface area contributed by atoms with Crippen LogP contribution in [-0.2, 0) is 11.3 Å². The molecule has 0 saturated carbocycles. The summed E-state index contributed by atoms with van der Waals surface area (Å²) >= 11 is 0. The average Bonchev–Trinajstić information content (AvgIpc) is 2.83. The van der Waals surface area contributed by atoms with Crippen LogP contribution < -0.4 is 10.1 Å². The van der Waals surface area contributed by atoms with E-state index in [1.165, 1.54) is 0 Å². The molecule has 6 heteroatoms. The fourth-order valence-corrected chi connectivity index (χ4v) is 2.53. The summed E-state index contributed by atoms with van der Waals surface area (Å²) in [6.45, 7) is 10.2. The Morgan fingerprint density at radius 1 is 1.39 bits per heavy atom. The van der Waals surface area contributed by atoms with Gasteiger partial charge in [0.2, 0.25) is 0 Å². The molecule has 0 aliphatic carbocycles. The molecule has 0 aliphatic rings. The monoisotopic (exact) mass is 319 g/mol. The molecule has 0 aliphatic heterocycles. The number of hydrogen-bond acceptors (Lipinski definition) is 4. The third kappa shape index (κ3) is 3.75. The number of benzene rings is 1. The van der Waals surface area contributed by atoms with Crippen molar-refractivity contribution in [2.75, 3.05) is 7.11 Å². The van der Waals surface area contributed by atoms with E-state index in [0.29, 0.717) is 0 Å². The fraction of sp³-hybridized carbons (Fsp3) is 0.529. The summed E-state index contributed by atoms with van der Waals surface area (Å²) in [6.07, 6.45) is -0.452. The lowest BCUT2D eigenvalue weighted by Gasteiger charge is -2.22. The van der Waals surface area contributed by atoms with Crippen molar-refractivity contribution in [3.63, 3.8) is 0 Å². The van der Waals surface area contributed by atoms with Crippen LogP contribution in [0.4, 0.5) is 4.79 Å². The largest absolute Gasteiger partial charge is 0.494 e. The molecule has 1 atom stereocenters. The van der Waals surface area contributed by atoms with Crippen molar-refractivity contribution in [3.05, 3.63) is 24.0 Å². The molecule has 23 heavy (non-hydrogen) atoms. The van der Waals surface area contributed by atoms with Gasteiger partial charge in [0.25, 0.3) is 0 Å². The quantitative estimate of drug-likeness (QED) is 0.934. The number of imidazole rings is 1. The SMILES string of the molecule is CCn1c(C(C)NC(=O)OC(C)(C)C)nc2cccc(OC)c21. The molecule has 0 radical (unpaired) electrons. The van der Waals surface area contributed by atoms with Crippen LogP contribution in [-0.4, -0.2) is 28.4 Å². The first-order valence-electron chi connectivity index (χ1n) is 7.79. The van der Waals surface area contributed by atoms with E-state index in [-0.39, 0.29) is 6.04 Å². The number of amides is 1. The van der Waals surface area contributed by atoms with Crippen LogP contribution in [0.3, 0.4) is 0 Å². The molecule has 6 nitrogen and oxygen atoms in total. The average molecular weight is 319 g/mol. The number of carbonyl (C=O) groups is 1. The number of aryl methyl sites for hydroxylation is 1. The molecule has 1 unspecified atom stereocenters. The van der Waals surface area contributed by atoms with E-state index in [4.69, 9.17) is 9.47 Å². The molecule has 2 aromatic rings. The Hall–Kier alpha value is -2.24. The molecule has 0 saturated heterocycles. The number of nitrogens with one attached hydrogen (secondary N) is 1. The van der Waals surface area contributed by atoms with Gasteiger partial charge in [0.1, 0.15) is 22.7 Å². The van der Waals surface area contributed by atoms with E-state index in [0.717, 1.165) is 29.2 Å². The van der Waals surface area contributed by atoms with E-state index >= 15 is 0 Å². The van der Waals surface area contributed by atoms with Gasteiger partial charge in [0, 0.05) is 6.54 Å². The lowest BCUT2D eigenvalue weighted by Crippen LogP contribution is -2.34. The summed E-state index contributed by atoms with van der Waals surface area (Å²) in [7, 11) is 1.64. The van der Waals surface area contributed by atoms with Crippen LogP contribution in [0.5, 0.6) is 5.75 Å². The van der Waals surface area contributed by atoms with E-state index in [9.17, 15) is 4.79 Å². The predicted molar refractivity (Wildman–Crippen MR) is 89.7 cm³/mol. The maximum Gasteiger partial charge on any atom is 0.408 e. The van der Waals surface area contributed by atoms with Gasteiger partial charge in [0.15, 0.2) is 0 Å². The Morgan fingerprint density at radius 2 is 2.09 bits per heavy atom. The Kier molecular flexibility index (Phi) is 4.82. The first-order chi connectivity index (χ1) is 10.8. The predicted octanol–water partition coefficient (Wildman–Crippen LogP) is 3.65. The lowest BCUT2D eigenvalue weighted by atomic mass is 10.2. The van der Waals surface area contributed by atoms with E-state index in [1.54, 1.807) is 7.11 Å². The molecule has 1 aromatic carbocycles. The zero-order chi connectivity index (χ0) is 17.2. The van der Waals surface area contributed by atoms with Crippen LogP contribution in [0.1, 0.15) is 46.5 Å². The molecule has 0 spiro atoms. The summed E-state index contributed by atoms with van der Waals surface area (Å²) < 4.78 is 12.8. The summed E-state index contributed by atoms with van der Waals surface area (Å²) in [5.74, 6) is 1.55. The number of methoxy groups -OCH3 is 1. The minimum absolute atomic E-state index is 0.276. The number of aromatic nitrogens is 2. The van der Waals surface area contributed by atoms with Crippen LogP contribution in [0.2, 0.25) is 0 Å². The third-order valence-corrected chi connectivity index (χ3v) is 3.42. The zero-order valence-electron chi connectivity index (χ0n) is 14.6. The molecule has 126 valence electrons. The number of nitrogens with zero attached hydrogens (tertiary/aromatic N) is 2. The number of para-hydroxylation sites is 1. The Balaban J connectivity index is 2.34. The number of alkyl carbamates (subject to hydrolysis) is 1. The van der Waals surface area contributed by atoms with Crippen molar-refractivity contribution < 1.29 is 14.3 Å². The summed E-state index contributed by atoms with van der Waals surface area (Å²) in [4.78, 5) is 16.6. The van der Waals surface area contributed by atoms with Crippen LogP contribution in [0.25, 0.3) is 11.0 Å². The molecular weight excluding hydrogens is 294 g/mol. The highest BCUT2D eigenvalue weighted by molar-refractivity contribution is 5.83. The maximum absolute atomic E-state index is 12.0. The number of ether oxygens (including phenoxy) is 2. The smallest absolute Gasteiger partial charge is 0.408 e. The zero-order valence-corrected chi connectivity index (χ0v) is 14.6. The summed E-state index contributed by atoms with van der Waals surface area (Å²) in [5, 5.41) is 2.84. The first kappa shape index (κ1) is 17.1. The van der Waals surface area contributed by atoms with Crippen LogP contribution >= 0.6 is 0 Å². The number of carbonyl (C=O) groups excluding carboxylic acids is 1. The molecule has 1 amide bonds. The van der Waals surface area contributed by atoms with Crippen LogP contribution in [0, 0.1) is 0 Å². The van der Waals surface area contributed by atoms with Crippen molar-refractivity contribution >= 4 is 17.1 Å². The van der Waals surface area contributed by atoms with Gasteiger partial charge < -0.3 is 19.4 Å². The summed E-state index contributed by atoms with van der Waals surface area (Å²) in [5.41, 5.74) is 1.25. The van der Waals surface area contributed by atoms with Crippen molar-refractivity contribution in [2.45, 2.75) is 52.8 Å². The van der Waals surface area contributed by atoms with Crippen molar-refractivity contribution in [2.24, 2.45) is 0 Å². The number of fused-ring (bicyclic) bond motifs is 1. The van der Waals surface area contributed by atoms with E-state index < -0.39 is 11.7 Å². The van der Waals surface area contributed by atoms with Gasteiger partial charge in [-0.05, 0) is 46.8 Å². The van der Waals surface area contributed by atoms with Crippen molar-refractivity contribution in [3.8, 4) is 5.75 Å². The highest BCUT2D eigenvalue weighted by atomic mass is 16.6. The van der Waals surface area contributed by atoms with Crippen LogP contribution in [0.15, 0.2) is 18.2 Å². The van der Waals surface area contributed by atoms with Gasteiger partial charge in [-0.2, -0.15) is 0 Å². The molecule has 1 heterocycles. The number of hydrogen-bond donors (Lipinski definition) is 1. The topological polar surface area (TPSA) is 65.4 Å². The molecule has 0 bridgehead atoms. The molecule has 1 N–H and O–H groups in total. The van der Waals surface area contributed by atoms with E-state index in [2.05, 4.69) is 14.9 Å². The minimum Gasteiger partial charge on any atom is -0.494 e. The normalized spacial score (nSPS) is 13.0. The van der Waals surface area contributed by atoms with Crippen molar-refractivity contribution in [1.29, 1.82) is 0 Å². The second-order valence-electron chi connectivity index (χ2n) is 6.41. The van der Waals surface area contributed by atoms with Gasteiger partial charge in [-0.25, -0.2) is 9.78 Å². The van der Waals surface area contributed by atoms with Gasteiger partial charge in [-0.1, -0.05) is 6.07 Å². The highest BCUT2D eigenvalue weighted by Gasteiger charge is 2.22. The van der Waals surface area contributed by atoms with Gasteiger partial charge in [0.05, 0.1) is 18.7 Å². The third-order valence-electron chi connectivity index (χ3n) is 3.42. The minimum atomic E-state index is -0.530. The first-order valence-corrected chi connectivity index (χ1v) is 7.79. The summed E-state index contributed by atoms with van der Waals surface area (Å²) in [6, 6.07) is 5.48. The second-order valence-corrected chi connectivity index (χ2v) is 6.41. The fourth-order valence-electron chi connectivity index (χ4n) is 2.53. The maximum atomic E-state index is 12.0. The van der Waals surface area contributed by atoms with Gasteiger partial charge in [-0.3, -0.25) is 0 Å². The highest BCUT2D eigenvalue weighted by Crippen LogP contribution is 2.28. The lowest BCUT2D eigenvalue weighted by molar-refractivity contribution is 0.0505. The van der Waals surface area contributed by atoms with Gasteiger partial charge in [-0.15, -0.1) is 0 Å². The Labute approximate surface area is 136 Å².